The average Bonchev–Trinajstić information content (AvgIpc) is 3.14. The molecule has 0 unspecified atom stereocenters. The van der Waals surface area contributed by atoms with Crippen molar-refractivity contribution in [2.45, 2.75) is 4.34 Å². The summed E-state index contributed by atoms with van der Waals surface area (Å²) < 4.78 is 0.511. The van der Waals surface area contributed by atoms with Crippen LogP contribution < -0.4 is 5.32 Å². The van der Waals surface area contributed by atoms with E-state index in [0.717, 1.165) is 11.3 Å². The van der Waals surface area contributed by atoms with Crippen LogP contribution in [0.15, 0.2) is 58.9 Å². The van der Waals surface area contributed by atoms with Gasteiger partial charge in [0.05, 0.1) is 10.7 Å². The molecular weight excluding hydrogens is 388 g/mol. The van der Waals surface area contributed by atoms with E-state index in [0.29, 0.717) is 9.90 Å². The third-order valence-electron chi connectivity index (χ3n) is 3.39. The number of benzene rings is 2. The normalized spacial score (nSPS) is 10.4. The molecular formula is C17H12N4O4S2. The van der Waals surface area contributed by atoms with Gasteiger partial charge in [0.2, 0.25) is 5.13 Å². The van der Waals surface area contributed by atoms with Gasteiger partial charge in [-0.05, 0) is 6.07 Å². The number of para-hydroxylation sites is 1. The minimum absolute atomic E-state index is 0.0405. The van der Waals surface area contributed by atoms with Crippen molar-refractivity contribution >= 4 is 45.6 Å². The summed E-state index contributed by atoms with van der Waals surface area (Å²) in [6.07, 6.45) is 0. The summed E-state index contributed by atoms with van der Waals surface area (Å²) in [6.45, 7) is 0. The van der Waals surface area contributed by atoms with Gasteiger partial charge in [-0.15, -0.1) is 10.2 Å². The van der Waals surface area contributed by atoms with Gasteiger partial charge in [-0.1, -0.05) is 65.6 Å². The van der Waals surface area contributed by atoms with Crippen LogP contribution in [0.5, 0.6) is 0 Å². The zero-order valence-corrected chi connectivity index (χ0v) is 15.3. The fourth-order valence-corrected chi connectivity index (χ4v) is 3.78. The predicted molar refractivity (Wildman–Crippen MR) is 102 cm³/mol. The van der Waals surface area contributed by atoms with Crippen molar-refractivity contribution in [1.82, 2.24) is 10.2 Å². The Bertz CT molecular complexity index is 991. The maximum absolute atomic E-state index is 12.3. The molecule has 1 N–H and O–H groups in total. The first-order chi connectivity index (χ1) is 13.0. The van der Waals surface area contributed by atoms with E-state index in [1.807, 2.05) is 6.07 Å². The van der Waals surface area contributed by atoms with Gasteiger partial charge in [-0.3, -0.25) is 25.0 Å². The molecule has 3 aromatic rings. The summed E-state index contributed by atoms with van der Waals surface area (Å²) in [6, 6.07) is 14.5. The van der Waals surface area contributed by atoms with Gasteiger partial charge >= 0.3 is 0 Å². The van der Waals surface area contributed by atoms with Gasteiger partial charge < -0.3 is 0 Å². The number of hydrogen-bond acceptors (Lipinski definition) is 8. The largest absolute Gasteiger partial charge is 0.296 e. The maximum Gasteiger partial charge on any atom is 0.282 e. The van der Waals surface area contributed by atoms with Crippen LogP contribution in [0.1, 0.15) is 20.7 Å². The third kappa shape index (κ3) is 4.74. The highest BCUT2D eigenvalue weighted by Gasteiger charge is 2.20. The van der Waals surface area contributed by atoms with E-state index < -0.39 is 10.8 Å². The quantitative estimate of drug-likeness (QED) is 0.211. The van der Waals surface area contributed by atoms with Crippen molar-refractivity contribution in [3.63, 3.8) is 0 Å². The number of nitrogens with one attached hydrogen (secondary N) is 1. The molecule has 0 spiro atoms. The van der Waals surface area contributed by atoms with Crippen LogP contribution in [-0.4, -0.2) is 32.6 Å². The lowest BCUT2D eigenvalue weighted by molar-refractivity contribution is -0.385. The third-order valence-corrected chi connectivity index (χ3v) is 5.37. The first kappa shape index (κ1) is 18.7. The van der Waals surface area contributed by atoms with E-state index in [2.05, 4.69) is 15.5 Å². The average molecular weight is 400 g/mol. The van der Waals surface area contributed by atoms with E-state index in [1.54, 1.807) is 30.3 Å². The van der Waals surface area contributed by atoms with Crippen LogP contribution in [0.2, 0.25) is 0 Å². The van der Waals surface area contributed by atoms with Crippen LogP contribution in [0.3, 0.4) is 0 Å². The summed E-state index contributed by atoms with van der Waals surface area (Å²) >= 11 is 2.31. The van der Waals surface area contributed by atoms with Gasteiger partial charge in [-0.2, -0.15) is 0 Å². The molecule has 1 heterocycles. The number of aromatic nitrogens is 2. The summed E-state index contributed by atoms with van der Waals surface area (Å²) in [5.74, 6) is -0.492. The topological polar surface area (TPSA) is 115 Å². The molecule has 0 aliphatic carbocycles. The molecule has 0 atom stereocenters. The van der Waals surface area contributed by atoms with E-state index in [1.165, 1.54) is 30.0 Å². The Labute approximate surface area is 161 Å². The van der Waals surface area contributed by atoms with Crippen LogP contribution in [0, 0.1) is 10.1 Å². The molecule has 2 aromatic carbocycles. The van der Waals surface area contributed by atoms with Crippen LogP contribution in [0.4, 0.5) is 10.8 Å². The number of nitro benzene ring substituents is 1. The molecule has 136 valence electrons. The monoisotopic (exact) mass is 400 g/mol. The second-order valence-electron chi connectivity index (χ2n) is 5.18. The van der Waals surface area contributed by atoms with E-state index >= 15 is 0 Å². The van der Waals surface area contributed by atoms with Gasteiger partial charge in [0.1, 0.15) is 5.56 Å². The standard InChI is InChI=1S/C17H12N4O4S2/c22-14(11-6-2-1-3-7-11)10-26-17-20-19-16(27-17)18-15(23)12-8-4-5-9-13(12)21(24)25/h1-9H,10H2,(H,18,19,23). The van der Waals surface area contributed by atoms with Crippen molar-refractivity contribution in [2.24, 2.45) is 0 Å². The van der Waals surface area contributed by atoms with Crippen molar-refractivity contribution in [3.8, 4) is 0 Å². The van der Waals surface area contributed by atoms with Crippen molar-refractivity contribution in [3.05, 3.63) is 75.8 Å². The molecule has 8 nitrogen and oxygen atoms in total. The number of rotatable bonds is 7. The number of thioether (sulfide) groups is 1. The number of hydrogen-bond donors (Lipinski definition) is 1. The van der Waals surface area contributed by atoms with Crippen molar-refractivity contribution in [1.29, 1.82) is 0 Å². The lowest BCUT2D eigenvalue weighted by Gasteiger charge is -2.01. The molecule has 3 rings (SSSR count). The highest BCUT2D eigenvalue weighted by Crippen LogP contribution is 2.27. The van der Waals surface area contributed by atoms with Crippen LogP contribution >= 0.6 is 23.1 Å². The van der Waals surface area contributed by atoms with Crippen LogP contribution in [0.25, 0.3) is 0 Å². The molecule has 27 heavy (non-hydrogen) atoms. The summed E-state index contributed by atoms with van der Waals surface area (Å²) in [5.41, 5.74) is 0.258. The second-order valence-corrected chi connectivity index (χ2v) is 7.38. The summed E-state index contributed by atoms with van der Waals surface area (Å²) in [4.78, 5) is 34.7. The molecule has 0 bridgehead atoms. The lowest BCUT2D eigenvalue weighted by atomic mass is 10.1. The fourth-order valence-electron chi connectivity index (χ4n) is 2.14. The molecule has 0 saturated carbocycles. The van der Waals surface area contributed by atoms with Gasteiger partial charge in [0, 0.05) is 11.6 Å². The molecule has 1 amide bonds. The zero-order valence-electron chi connectivity index (χ0n) is 13.7. The number of carbonyl (C=O) groups is 2. The molecule has 0 aliphatic heterocycles. The maximum atomic E-state index is 12.3. The Hall–Kier alpha value is -3.11. The van der Waals surface area contributed by atoms with E-state index in [-0.39, 0.29) is 27.9 Å². The number of amides is 1. The molecule has 10 heteroatoms. The smallest absolute Gasteiger partial charge is 0.282 e. The number of ketones is 1. The Morgan fingerprint density at radius 2 is 1.78 bits per heavy atom. The minimum Gasteiger partial charge on any atom is -0.296 e. The number of nitrogens with zero attached hydrogens (tertiary/aromatic N) is 3. The number of nitro groups is 1. The van der Waals surface area contributed by atoms with Gasteiger partial charge in [0.15, 0.2) is 10.1 Å². The van der Waals surface area contributed by atoms with Gasteiger partial charge in [-0.25, -0.2) is 0 Å². The highest BCUT2D eigenvalue weighted by molar-refractivity contribution is 8.01. The Balaban J connectivity index is 1.62. The fraction of sp³-hybridized carbons (Fsp3) is 0.0588. The number of anilines is 1. The van der Waals surface area contributed by atoms with Crippen molar-refractivity contribution < 1.29 is 14.5 Å². The SMILES string of the molecule is O=C(CSc1nnc(NC(=O)c2ccccc2[N+](=O)[O-])s1)c1ccccc1. The summed E-state index contributed by atoms with van der Waals surface area (Å²) in [5, 5.41) is 21.5. The molecule has 0 fully saturated rings. The number of Topliss-reactive ketones (excluding diaryl/α,β-unsaturated/α-hetero) is 1. The van der Waals surface area contributed by atoms with E-state index in [9.17, 15) is 19.7 Å². The predicted octanol–water partition coefficient (Wildman–Crippen LogP) is 3.67. The molecule has 1 aromatic heterocycles. The Morgan fingerprint density at radius 1 is 1.07 bits per heavy atom. The summed E-state index contributed by atoms with van der Waals surface area (Å²) in [7, 11) is 0. The van der Waals surface area contributed by atoms with Gasteiger partial charge in [0.25, 0.3) is 11.6 Å². The Kier molecular flexibility index (Phi) is 5.89. The molecule has 0 radical (unpaired) electrons. The zero-order chi connectivity index (χ0) is 19.2. The highest BCUT2D eigenvalue weighted by atomic mass is 32.2. The number of carbonyl (C=O) groups excluding carboxylic acids is 2. The first-order valence-corrected chi connectivity index (χ1v) is 9.44. The van der Waals surface area contributed by atoms with E-state index in [4.69, 9.17) is 0 Å². The minimum atomic E-state index is -0.643. The molecule has 0 saturated heterocycles. The van der Waals surface area contributed by atoms with Crippen molar-refractivity contribution in [2.75, 3.05) is 11.1 Å². The second kappa shape index (κ2) is 8.52. The Morgan fingerprint density at radius 3 is 2.52 bits per heavy atom. The molecule has 0 aliphatic rings. The lowest BCUT2D eigenvalue weighted by Crippen LogP contribution is -2.13. The first-order valence-electron chi connectivity index (χ1n) is 7.64. The van der Waals surface area contributed by atoms with Crippen LogP contribution in [-0.2, 0) is 0 Å².